The Bertz CT molecular complexity index is 516. The van der Waals surface area contributed by atoms with Crippen LogP contribution in [0.25, 0.3) is 0 Å². The van der Waals surface area contributed by atoms with E-state index in [-0.39, 0.29) is 5.56 Å². The Labute approximate surface area is 92.3 Å². The van der Waals surface area contributed by atoms with Gasteiger partial charge in [-0.2, -0.15) is 0 Å². The van der Waals surface area contributed by atoms with Crippen molar-refractivity contribution in [2.24, 2.45) is 4.99 Å². The predicted octanol–water partition coefficient (Wildman–Crippen LogP) is 2.46. The number of carboxylic acid groups (broad SMARTS) is 1. The molecule has 0 fully saturated rings. The molecule has 80 valence electrons. The van der Waals surface area contributed by atoms with Crippen molar-refractivity contribution >= 4 is 17.9 Å². The standard InChI is InChI=1S/C12H10N2O2/c15-12(16)10-5-1-2-6-11(10)14-8-9-4-3-7-13-9/h1-8,13H,(H,15,16). The first kappa shape index (κ1) is 10.2. The number of rotatable bonds is 3. The third-order valence-electron chi connectivity index (χ3n) is 2.10. The first-order valence-corrected chi connectivity index (χ1v) is 4.77. The number of hydrogen-bond donors (Lipinski definition) is 2. The second-order valence-corrected chi connectivity index (χ2v) is 3.21. The lowest BCUT2D eigenvalue weighted by molar-refractivity contribution is 0.0698. The molecule has 1 aromatic heterocycles. The number of aromatic nitrogens is 1. The van der Waals surface area contributed by atoms with Crippen LogP contribution in [0, 0.1) is 0 Å². The van der Waals surface area contributed by atoms with E-state index in [0.29, 0.717) is 5.69 Å². The van der Waals surface area contributed by atoms with Gasteiger partial charge in [0.15, 0.2) is 0 Å². The Morgan fingerprint density at radius 3 is 2.75 bits per heavy atom. The van der Waals surface area contributed by atoms with E-state index in [1.807, 2.05) is 12.1 Å². The maximum absolute atomic E-state index is 10.9. The number of H-pyrrole nitrogens is 1. The lowest BCUT2D eigenvalue weighted by Crippen LogP contribution is -1.96. The Morgan fingerprint density at radius 1 is 1.25 bits per heavy atom. The van der Waals surface area contributed by atoms with Gasteiger partial charge in [-0.3, -0.25) is 4.99 Å². The normalized spacial score (nSPS) is 10.8. The van der Waals surface area contributed by atoms with Gasteiger partial charge in [-0.15, -0.1) is 0 Å². The third kappa shape index (κ3) is 2.17. The second kappa shape index (κ2) is 4.44. The van der Waals surface area contributed by atoms with Crippen molar-refractivity contribution in [3.05, 3.63) is 53.9 Å². The zero-order valence-electron chi connectivity index (χ0n) is 8.42. The van der Waals surface area contributed by atoms with E-state index in [4.69, 9.17) is 5.11 Å². The van der Waals surface area contributed by atoms with Gasteiger partial charge in [0.05, 0.1) is 23.2 Å². The number of aromatic carboxylic acids is 1. The molecule has 0 saturated carbocycles. The summed E-state index contributed by atoms with van der Waals surface area (Å²) in [5, 5.41) is 8.94. The van der Waals surface area contributed by atoms with Gasteiger partial charge >= 0.3 is 5.97 Å². The fourth-order valence-corrected chi connectivity index (χ4v) is 1.33. The molecule has 0 aliphatic heterocycles. The van der Waals surface area contributed by atoms with Crippen molar-refractivity contribution in [1.82, 2.24) is 4.98 Å². The van der Waals surface area contributed by atoms with E-state index in [0.717, 1.165) is 5.69 Å². The number of carboxylic acids is 1. The number of hydrogen-bond acceptors (Lipinski definition) is 2. The smallest absolute Gasteiger partial charge is 0.337 e. The van der Waals surface area contributed by atoms with E-state index in [1.165, 1.54) is 6.07 Å². The second-order valence-electron chi connectivity index (χ2n) is 3.21. The lowest BCUT2D eigenvalue weighted by Gasteiger charge is -1.98. The molecule has 0 bridgehead atoms. The monoisotopic (exact) mass is 214 g/mol. The molecule has 0 radical (unpaired) electrons. The van der Waals surface area contributed by atoms with Crippen LogP contribution in [0.2, 0.25) is 0 Å². The summed E-state index contributed by atoms with van der Waals surface area (Å²) in [6.45, 7) is 0. The number of benzene rings is 1. The minimum atomic E-state index is -0.973. The molecule has 0 amide bonds. The molecule has 1 aromatic carbocycles. The molecule has 4 heteroatoms. The highest BCUT2D eigenvalue weighted by Gasteiger charge is 2.06. The van der Waals surface area contributed by atoms with E-state index >= 15 is 0 Å². The van der Waals surface area contributed by atoms with Gasteiger partial charge in [-0.05, 0) is 24.3 Å². The Hall–Kier alpha value is -2.36. The summed E-state index contributed by atoms with van der Waals surface area (Å²) in [6, 6.07) is 10.3. The van der Waals surface area contributed by atoms with Crippen LogP contribution in [0.4, 0.5) is 5.69 Å². The zero-order chi connectivity index (χ0) is 11.4. The summed E-state index contributed by atoms with van der Waals surface area (Å²) in [5.41, 5.74) is 1.48. The molecule has 0 atom stereocenters. The molecule has 0 saturated heterocycles. The van der Waals surface area contributed by atoms with Crippen LogP contribution in [-0.4, -0.2) is 22.3 Å². The maximum atomic E-state index is 10.9. The van der Waals surface area contributed by atoms with Crippen LogP contribution in [-0.2, 0) is 0 Å². The molecular weight excluding hydrogens is 204 g/mol. The summed E-state index contributed by atoms with van der Waals surface area (Å²) in [6.07, 6.45) is 3.38. The SMILES string of the molecule is O=C(O)c1ccccc1N=Cc1ccc[nH]1. The average Bonchev–Trinajstić information content (AvgIpc) is 2.79. The quantitative estimate of drug-likeness (QED) is 0.771. The largest absolute Gasteiger partial charge is 0.478 e. The Kier molecular flexibility index (Phi) is 2.82. The van der Waals surface area contributed by atoms with Crippen LogP contribution in [0.3, 0.4) is 0 Å². The fourth-order valence-electron chi connectivity index (χ4n) is 1.33. The molecule has 2 rings (SSSR count). The summed E-state index contributed by atoms with van der Waals surface area (Å²) in [5.74, 6) is -0.973. The highest BCUT2D eigenvalue weighted by Crippen LogP contribution is 2.18. The molecule has 16 heavy (non-hydrogen) atoms. The number of aromatic amines is 1. The number of carbonyl (C=O) groups is 1. The minimum absolute atomic E-state index is 0.199. The molecule has 0 unspecified atom stereocenters. The van der Waals surface area contributed by atoms with Gasteiger partial charge in [0, 0.05) is 6.20 Å². The van der Waals surface area contributed by atoms with Gasteiger partial charge in [-0.1, -0.05) is 12.1 Å². The van der Waals surface area contributed by atoms with Crippen LogP contribution >= 0.6 is 0 Å². The van der Waals surface area contributed by atoms with Gasteiger partial charge < -0.3 is 10.1 Å². The van der Waals surface area contributed by atoms with Crippen molar-refractivity contribution in [2.75, 3.05) is 0 Å². The maximum Gasteiger partial charge on any atom is 0.337 e. The van der Waals surface area contributed by atoms with Crippen molar-refractivity contribution in [3.63, 3.8) is 0 Å². The number of nitrogens with one attached hydrogen (secondary N) is 1. The predicted molar refractivity (Wildman–Crippen MR) is 61.4 cm³/mol. The van der Waals surface area contributed by atoms with Crippen molar-refractivity contribution in [1.29, 1.82) is 0 Å². The van der Waals surface area contributed by atoms with E-state index < -0.39 is 5.97 Å². The molecule has 1 heterocycles. The van der Waals surface area contributed by atoms with Crippen molar-refractivity contribution in [3.8, 4) is 0 Å². The summed E-state index contributed by atoms with van der Waals surface area (Å²) >= 11 is 0. The fraction of sp³-hybridized carbons (Fsp3) is 0. The van der Waals surface area contributed by atoms with Gasteiger partial charge in [0.2, 0.25) is 0 Å². The highest BCUT2D eigenvalue weighted by atomic mass is 16.4. The first-order valence-electron chi connectivity index (χ1n) is 4.77. The molecular formula is C12H10N2O2. The van der Waals surface area contributed by atoms with E-state index in [1.54, 1.807) is 30.6 Å². The molecule has 2 aromatic rings. The topological polar surface area (TPSA) is 65.4 Å². The first-order chi connectivity index (χ1) is 7.77. The Morgan fingerprint density at radius 2 is 2.06 bits per heavy atom. The number of para-hydroxylation sites is 1. The number of aliphatic imine (C=N–C) groups is 1. The molecule has 0 spiro atoms. The third-order valence-corrected chi connectivity index (χ3v) is 2.10. The zero-order valence-corrected chi connectivity index (χ0v) is 8.42. The van der Waals surface area contributed by atoms with Crippen molar-refractivity contribution < 1.29 is 9.90 Å². The van der Waals surface area contributed by atoms with E-state index in [2.05, 4.69) is 9.98 Å². The molecule has 2 N–H and O–H groups in total. The van der Waals surface area contributed by atoms with Gasteiger partial charge in [-0.25, -0.2) is 4.79 Å². The molecule has 4 nitrogen and oxygen atoms in total. The van der Waals surface area contributed by atoms with Gasteiger partial charge in [0.25, 0.3) is 0 Å². The van der Waals surface area contributed by atoms with Gasteiger partial charge in [0.1, 0.15) is 0 Å². The summed E-state index contributed by atoms with van der Waals surface area (Å²) < 4.78 is 0. The van der Waals surface area contributed by atoms with E-state index in [9.17, 15) is 4.79 Å². The lowest BCUT2D eigenvalue weighted by atomic mass is 10.2. The average molecular weight is 214 g/mol. The van der Waals surface area contributed by atoms with Crippen LogP contribution < -0.4 is 0 Å². The highest BCUT2D eigenvalue weighted by molar-refractivity contribution is 5.94. The molecule has 0 aliphatic rings. The summed E-state index contributed by atoms with van der Waals surface area (Å²) in [4.78, 5) is 18.0. The Balaban J connectivity index is 2.31. The molecule has 0 aliphatic carbocycles. The van der Waals surface area contributed by atoms with Crippen LogP contribution in [0.5, 0.6) is 0 Å². The number of nitrogens with zero attached hydrogens (tertiary/aromatic N) is 1. The minimum Gasteiger partial charge on any atom is -0.478 e. The van der Waals surface area contributed by atoms with Crippen molar-refractivity contribution in [2.45, 2.75) is 0 Å². The van der Waals surface area contributed by atoms with Crippen LogP contribution in [0.15, 0.2) is 47.6 Å². The van der Waals surface area contributed by atoms with Crippen LogP contribution in [0.1, 0.15) is 16.1 Å². The summed E-state index contributed by atoms with van der Waals surface area (Å²) in [7, 11) is 0.